The van der Waals surface area contributed by atoms with E-state index in [9.17, 15) is 4.79 Å². The molecular weight excluding hydrogens is 254 g/mol. The zero-order valence-corrected chi connectivity index (χ0v) is 11.9. The van der Waals surface area contributed by atoms with Gasteiger partial charge in [-0.15, -0.1) is 0 Å². The van der Waals surface area contributed by atoms with Gasteiger partial charge in [-0.1, -0.05) is 0 Å². The number of benzene rings is 1. The van der Waals surface area contributed by atoms with Crippen LogP contribution in [0.3, 0.4) is 0 Å². The van der Waals surface area contributed by atoms with Gasteiger partial charge in [0.1, 0.15) is 17.1 Å². The van der Waals surface area contributed by atoms with Crippen LogP contribution < -0.4 is 4.74 Å². The van der Waals surface area contributed by atoms with Crippen LogP contribution in [0.25, 0.3) is 11.0 Å². The molecule has 3 rings (SSSR count). The molecule has 0 unspecified atom stereocenters. The van der Waals surface area contributed by atoms with Crippen molar-refractivity contribution < 1.29 is 13.9 Å². The molecule has 1 amide bonds. The van der Waals surface area contributed by atoms with Crippen molar-refractivity contribution in [3.63, 3.8) is 0 Å². The molecule has 1 aromatic carbocycles. The normalized spacial score (nSPS) is 14.1. The van der Waals surface area contributed by atoms with Crippen LogP contribution >= 0.6 is 0 Å². The molecule has 0 spiro atoms. The first kappa shape index (κ1) is 13.0. The molecule has 0 N–H and O–H groups in total. The summed E-state index contributed by atoms with van der Waals surface area (Å²) in [6.07, 6.45) is 4.51. The fourth-order valence-corrected chi connectivity index (χ4v) is 2.61. The zero-order valence-electron chi connectivity index (χ0n) is 11.9. The first-order chi connectivity index (χ1) is 9.65. The smallest absolute Gasteiger partial charge is 0.259 e. The monoisotopic (exact) mass is 273 g/mol. The molecule has 1 aliphatic carbocycles. The molecule has 0 aliphatic heterocycles. The number of ether oxygens (including phenoxy) is 1. The number of carbonyl (C=O) groups is 1. The van der Waals surface area contributed by atoms with Crippen LogP contribution in [0.4, 0.5) is 0 Å². The Morgan fingerprint density at radius 2 is 2.10 bits per heavy atom. The van der Waals surface area contributed by atoms with Crippen molar-refractivity contribution in [3.8, 4) is 5.75 Å². The first-order valence-corrected chi connectivity index (χ1v) is 7.02. The van der Waals surface area contributed by atoms with Gasteiger partial charge in [-0.2, -0.15) is 0 Å². The van der Waals surface area contributed by atoms with E-state index in [2.05, 4.69) is 0 Å². The first-order valence-electron chi connectivity index (χ1n) is 7.02. The standard InChI is InChI=1S/C16H19NO3/c1-17(2)16(18)10-19-11-7-8-15-13(9-11)12-5-3-4-6-14(12)20-15/h7-9H,3-6,10H2,1-2H3. The predicted octanol–water partition coefficient (Wildman–Crippen LogP) is 2.78. The average molecular weight is 273 g/mol. The van der Waals surface area contributed by atoms with Crippen molar-refractivity contribution in [3.05, 3.63) is 29.5 Å². The Balaban J connectivity index is 1.84. The molecule has 1 heterocycles. The van der Waals surface area contributed by atoms with E-state index in [4.69, 9.17) is 9.15 Å². The quantitative estimate of drug-likeness (QED) is 0.863. The number of hydrogen-bond acceptors (Lipinski definition) is 3. The van der Waals surface area contributed by atoms with Gasteiger partial charge in [-0.3, -0.25) is 4.79 Å². The molecule has 0 atom stereocenters. The lowest BCUT2D eigenvalue weighted by atomic mass is 9.96. The molecule has 4 nitrogen and oxygen atoms in total. The largest absolute Gasteiger partial charge is 0.484 e. The Kier molecular flexibility index (Phi) is 3.38. The summed E-state index contributed by atoms with van der Waals surface area (Å²) in [6.45, 7) is 0.0680. The van der Waals surface area contributed by atoms with E-state index in [-0.39, 0.29) is 12.5 Å². The van der Waals surface area contributed by atoms with Gasteiger partial charge in [0, 0.05) is 31.5 Å². The second kappa shape index (κ2) is 5.19. The number of hydrogen-bond donors (Lipinski definition) is 0. The molecule has 20 heavy (non-hydrogen) atoms. The van der Waals surface area contributed by atoms with Crippen LogP contribution in [-0.2, 0) is 17.6 Å². The van der Waals surface area contributed by atoms with Gasteiger partial charge >= 0.3 is 0 Å². The highest BCUT2D eigenvalue weighted by atomic mass is 16.5. The van der Waals surface area contributed by atoms with Crippen LogP contribution in [-0.4, -0.2) is 31.5 Å². The second-order valence-corrected chi connectivity index (χ2v) is 5.45. The minimum atomic E-state index is -0.0423. The minimum absolute atomic E-state index is 0.0423. The highest BCUT2D eigenvalue weighted by molar-refractivity contribution is 5.84. The number of amides is 1. The van der Waals surface area contributed by atoms with Gasteiger partial charge in [0.25, 0.3) is 5.91 Å². The Morgan fingerprint density at radius 1 is 1.30 bits per heavy atom. The summed E-state index contributed by atoms with van der Waals surface area (Å²) < 4.78 is 11.4. The van der Waals surface area contributed by atoms with Crippen molar-refractivity contribution in [1.29, 1.82) is 0 Å². The van der Waals surface area contributed by atoms with E-state index in [1.165, 1.54) is 23.3 Å². The summed E-state index contributed by atoms with van der Waals surface area (Å²) >= 11 is 0. The van der Waals surface area contributed by atoms with Crippen LogP contribution in [0.2, 0.25) is 0 Å². The predicted molar refractivity (Wildman–Crippen MR) is 77.0 cm³/mol. The van der Waals surface area contributed by atoms with Crippen molar-refractivity contribution in [2.45, 2.75) is 25.7 Å². The van der Waals surface area contributed by atoms with E-state index in [0.29, 0.717) is 0 Å². The molecule has 106 valence electrons. The fourth-order valence-electron chi connectivity index (χ4n) is 2.61. The van der Waals surface area contributed by atoms with Gasteiger partial charge in [0.2, 0.25) is 0 Å². The third kappa shape index (κ3) is 2.38. The molecule has 4 heteroatoms. The number of furan rings is 1. The Morgan fingerprint density at radius 3 is 2.90 bits per heavy atom. The van der Waals surface area contributed by atoms with Gasteiger partial charge < -0.3 is 14.1 Å². The lowest BCUT2D eigenvalue weighted by molar-refractivity contribution is -0.130. The maximum absolute atomic E-state index is 11.5. The molecule has 0 saturated carbocycles. The van der Waals surface area contributed by atoms with Crippen molar-refractivity contribution in [2.75, 3.05) is 20.7 Å². The van der Waals surface area contributed by atoms with Gasteiger partial charge in [-0.05, 0) is 37.5 Å². The Labute approximate surface area is 118 Å². The maximum atomic E-state index is 11.5. The van der Waals surface area contributed by atoms with Gasteiger partial charge in [0.05, 0.1) is 0 Å². The van der Waals surface area contributed by atoms with Gasteiger partial charge in [-0.25, -0.2) is 0 Å². The lowest BCUT2D eigenvalue weighted by Crippen LogP contribution is -2.27. The summed E-state index contributed by atoms with van der Waals surface area (Å²) in [4.78, 5) is 13.1. The lowest BCUT2D eigenvalue weighted by Gasteiger charge is -2.11. The SMILES string of the molecule is CN(C)C(=O)COc1ccc2oc3c(c2c1)CCCC3. The van der Waals surface area contributed by atoms with Crippen LogP contribution in [0, 0.1) is 0 Å². The number of likely N-dealkylation sites (N-methyl/N-ethyl adjacent to an activating group) is 1. The van der Waals surface area contributed by atoms with Crippen molar-refractivity contribution in [2.24, 2.45) is 0 Å². The third-order valence-electron chi connectivity index (χ3n) is 3.79. The van der Waals surface area contributed by atoms with E-state index in [1.54, 1.807) is 14.1 Å². The second-order valence-electron chi connectivity index (χ2n) is 5.45. The van der Waals surface area contributed by atoms with Crippen molar-refractivity contribution in [1.82, 2.24) is 4.90 Å². The van der Waals surface area contributed by atoms with E-state index < -0.39 is 0 Å². The number of rotatable bonds is 3. The molecule has 1 aliphatic rings. The molecule has 0 saturated heterocycles. The Hall–Kier alpha value is -1.97. The molecule has 1 aromatic heterocycles. The highest BCUT2D eigenvalue weighted by Gasteiger charge is 2.18. The maximum Gasteiger partial charge on any atom is 0.259 e. The highest BCUT2D eigenvalue weighted by Crippen LogP contribution is 2.33. The summed E-state index contributed by atoms with van der Waals surface area (Å²) in [5, 5.41) is 1.13. The fraction of sp³-hybridized carbons (Fsp3) is 0.438. The van der Waals surface area contributed by atoms with Crippen LogP contribution in [0.15, 0.2) is 22.6 Å². The zero-order chi connectivity index (χ0) is 14.1. The average Bonchev–Trinajstić information content (AvgIpc) is 2.82. The summed E-state index contributed by atoms with van der Waals surface area (Å²) in [6, 6.07) is 5.79. The van der Waals surface area contributed by atoms with E-state index in [1.807, 2.05) is 18.2 Å². The minimum Gasteiger partial charge on any atom is -0.484 e. The third-order valence-corrected chi connectivity index (χ3v) is 3.79. The number of fused-ring (bicyclic) bond motifs is 3. The molecule has 2 aromatic rings. The number of aryl methyl sites for hydroxylation is 2. The van der Waals surface area contributed by atoms with Gasteiger partial charge in [0.15, 0.2) is 6.61 Å². The molecule has 0 radical (unpaired) electrons. The molecule has 0 fully saturated rings. The summed E-state index contributed by atoms with van der Waals surface area (Å²) in [5.41, 5.74) is 2.24. The molecular formula is C16H19NO3. The Bertz CT molecular complexity index is 642. The van der Waals surface area contributed by atoms with E-state index >= 15 is 0 Å². The van der Waals surface area contributed by atoms with E-state index in [0.717, 1.165) is 35.3 Å². The number of carbonyl (C=O) groups excluding carboxylic acids is 1. The molecule has 0 bridgehead atoms. The summed E-state index contributed by atoms with van der Waals surface area (Å²) in [7, 11) is 3.45. The number of nitrogens with zero attached hydrogens (tertiary/aromatic N) is 1. The topological polar surface area (TPSA) is 42.7 Å². The van der Waals surface area contributed by atoms with Crippen molar-refractivity contribution >= 4 is 16.9 Å². The summed E-state index contributed by atoms with van der Waals surface area (Å²) in [5.74, 6) is 1.80. The van der Waals surface area contributed by atoms with Crippen LogP contribution in [0.1, 0.15) is 24.2 Å². The van der Waals surface area contributed by atoms with Crippen LogP contribution in [0.5, 0.6) is 5.75 Å².